The molecule has 2 aliphatic rings. The summed E-state index contributed by atoms with van der Waals surface area (Å²) in [5, 5.41) is 14.4. The summed E-state index contributed by atoms with van der Waals surface area (Å²) in [6, 6.07) is 4.04. The lowest BCUT2D eigenvalue weighted by Gasteiger charge is -2.31. The minimum Gasteiger partial charge on any atom is -0.317 e. The molecule has 1 spiro atoms. The normalized spacial score (nSPS) is 24.2. The van der Waals surface area contributed by atoms with Gasteiger partial charge >= 0.3 is 0 Å². The van der Waals surface area contributed by atoms with Gasteiger partial charge in [0, 0.05) is 16.8 Å². The van der Waals surface area contributed by atoms with Gasteiger partial charge in [-0.25, -0.2) is 0 Å². The van der Waals surface area contributed by atoms with Crippen molar-refractivity contribution in [2.45, 2.75) is 43.8 Å². The van der Waals surface area contributed by atoms with E-state index in [1.807, 2.05) is 16.3 Å². The van der Waals surface area contributed by atoms with Crippen molar-refractivity contribution in [3.63, 3.8) is 0 Å². The lowest BCUT2D eigenvalue weighted by Crippen LogP contribution is -2.48. The summed E-state index contributed by atoms with van der Waals surface area (Å²) in [4.78, 5) is 15.8. The Kier molecular flexibility index (Phi) is 3.83. The third-order valence-electron chi connectivity index (χ3n) is 4.45. The Morgan fingerprint density at radius 2 is 2.29 bits per heavy atom. The molecule has 1 unspecified atom stereocenters. The van der Waals surface area contributed by atoms with E-state index in [0.29, 0.717) is 12.1 Å². The summed E-state index contributed by atoms with van der Waals surface area (Å²) in [6.45, 7) is 4.31. The van der Waals surface area contributed by atoms with Gasteiger partial charge < -0.3 is 4.90 Å². The number of rotatable bonds is 3. The standard InChI is InChI=1S/C16H19N3OS/c1-2-8-19-14(13-9-12(10-17)11-21-13)18-16(15(19)20)6-4-3-5-7-16/h2,9,11,14,18H,1,3-8H2. The van der Waals surface area contributed by atoms with Crippen molar-refractivity contribution in [2.24, 2.45) is 0 Å². The lowest BCUT2D eigenvalue weighted by atomic mass is 9.81. The molecule has 5 heteroatoms. The second kappa shape index (κ2) is 5.63. The molecule has 21 heavy (non-hydrogen) atoms. The van der Waals surface area contributed by atoms with Crippen LogP contribution < -0.4 is 5.32 Å². The molecule has 1 N–H and O–H groups in total. The van der Waals surface area contributed by atoms with E-state index < -0.39 is 5.54 Å². The molecule has 1 aliphatic carbocycles. The summed E-state index contributed by atoms with van der Waals surface area (Å²) in [7, 11) is 0. The van der Waals surface area contributed by atoms with E-state index in [0.717, 1.165) is 30.6 Å². The zero-order chi connectivity index (χ0) is 14.9. The number of thiophene rings is 1. The fourth-order valence-electron chi connectivity index (χ4n) is 3.41. The molecular formula is C16H19N3OS. The average Bonchev–Trinajstić information content (AvgIpc) is 3.08. The van der Waals surface area contributed by atoms with Gasteiger partial charge in [-0.2, -0.15) is 5.26 Å². The maximum absolute atomic E-state index is 12.9. The van der Waals surface area contributed by atoms with Gasteiger partial charge in [0.1, 0.15) is 12.2 Å². The first-order chi connectivity index (χ1) is 10.2. The van der Waals surface area contributed by atoms with Gasteiger partial charge in [-0.15, -0.1) is 17.9 Å². The van der Waals surface area contributed by atoms with Gasteiger partial charge in [0.05, 0.1) is 11.1 Å². The molecular weight excluding hydrogens is 282 g/mol. The van der Waals surface area contributed by atoms with E-state index in [9.17, 15) is 4.79 Å². The number of nitrogens with one attached hydrogen (secondary N) is 1. The molecule has 1 amide bonds. The van der Waals surface area contributed by atoms with Gasteiger partial charge in [-0.3, -0.25) is 10.1 Å². The average molecular weight is 301 g/mol. The quantitative estimate of drug-likeness (QED) is 0.873. The molecule has 1 aromatic heterocycles. The first-order valence-corrected chi connectivity index (χ1v) is 8.26. The van der Waals surface area contributed by atoms with Crippen molar-refractivity contribution < 1.29 is 4.79 Å². The van der Waals surface area contributed by atoms with E-state index >= 15 is 0 Å². The molecule has 0 radical (unpaired) electrons. The Hall–Kier alpha value is -1.64. The Morgan fingerprint density at radius 3 is 2.90 bits per heavy atom. The Morgan fingerprint density at radius 1 is 1.52 bits per heavy atom. The van der Waals surface area contributed by atoms with Gasteiger partial charge in [0.2, 0.25) is 5.91 Å². The Labute approximate surface area is 129 Å². The van der Waals surface area contributed by atoms with Gasteiger partial charge in [-0.05, 0) is 18.9 Å². The molecule has 0 bridgehead atoms. The van der Waals surface area contributed by atoms with Crippen molar-refractivity contribution in [1.29, 1.82) is 5.26 Å². The highest BCUT2D eigenvalue weighted by Gasteiger charge is 2.51. The molecule has 1 aromatic rings. The van der Waals surface area contributed by atoms with Crippen molar-refractivity contribution in [1.82, 2.24) is 10.2 Å². The number of hydrogen-bond donors (Lipinski definition) is 1. The van der Waals surface area contributed by atoms with E-state index in [4.69, 9.17) is 5.26 Å². The van der Waals surface area contributed by atoms with Crippen LogP contribution in [0.25, 0.3) is 0 Å². The molecule has 2 heterocycles. The summed E-state index contributed by atoms with van der Waals surface area (Å²) in [5.41, 5.74) is 0.260. The molecule has 110 valence electrons. The fourth-order valence-corrected chi connectivity index (χ4v) is 4.31. The predicted molar refractivity (Wildman–Crippen MR) is 82.6 cm³/mol. The van der Waals surface area contributed by atoms with Crippen LogP contribution >= 0.6 is 11.3 Å². The maximum atomic E-state index is 12.9. The zero-order valence-corrected chi connectivity index (χ0v) is 12.8. The number of amides is 1. The second-order valence-corrected chi connectivity index (χ2v) is 6.73. The minimum atomic E-state index is -0.400. The lowest BCUT2D eigenvalue weighted by molar-refractivity contribution is -0.133. The largest absolute Gasteiger partial charge is 0.317 e. The summed E-state index contributed by atoms with van der Waals surface area (Å²) < 4.78 is 0. The number of nitriles is 1. The third kappa shape index (κ3) is 2.39. The SMILES string of the molecule is C=CCN1C(=O)C2(CCCCC2)NC1c1cc(C#N)cs1. The molecule has 0 aromatic carbocycles. The van der Waals surface area contributed by atoms with Gasteiger partial charge in [0.25, 0.3) is 0 Å². The number of carbonyl (C=O) groups excluding carboxylic acids is 1. The highest BCUT2D eigenvalue weighted by molar-refractivity contribution is 7.10. The van der Waals surface area contributed by atoms with Crippen LogP contribution in [-0.4, -0.2) is 22.9 Å². The number of nitrogens with zero attached hydrogens (tertiary/aromatic N) is 2. The zero-order valence-electron chi connectivity index (χ0n) is 12.0. The van der Waals surface area contributed by atoms with Crippen LogP contribution in [0.3, 0.4) is 0 Å². The highest BCUT2D eigenvalue weighted by Crippen LogP contribution is 2.40. The molecule has 1 aliphatic heterocycles. The van der Waals surface area contributed by atoms with Crippen molar-refractivity contribution in [3.05, 3.63) is 34.5 Å². The van der Waals surface area contributed by atoms with E-state index in [2.05, 4.69) is 18.0 Å². The van der Waals surface area contributed by atoms with Crippen LogP contribution in [0.1, 0.15) is 48.7 Å². The van der Waals surface area contributed by atoms with Crippen molar-refractivity contribution in [2.75, 3.05) is 6.54 Å². The second-order valence-electron chi connectivity index (χ2n) is 5.79. The minimum absolute atomic E-state index is 0.124. The molecule has 1 atom stereocenters. The first-order valence-electron chi connectivity index (χ1n) is 7.38. The topological polar surface area (TPSA) is 56.1 Å². The van der Waals surface area contributed by atoms with Crippen LogP contribution in [0.4, 0.5) is 0 Å². The molecule has 1 saturated heterocycles. The van der Waals surface area contributed by atoms with Crippen molar-refractivity contribution >= 4 is 17.2 Å². The monoisotopic (exact) mass is 301 g/mol. The van der Waals surface area contributed by atoms with Crippen LogP contribution in [0.2, 0.25) is 0 Å². The van der Waals surface area contributed by atoms with E-state index in [1.165, 1.54) is 17.8 Å². The Balaban J connectivity index is 1.93. The smallest absolute Gasteiger partial charge is 0.244 e. The summed E-state index contributed by atoms with van der Waals surface area (Å²) in [5.74, 6) is 0.194. The number of carbonyl (C=O) groups is 1. The fraction of sp³-hybridized carbons (Fsp3) is 0.500. The van der Waals surface area contributed by atoms with E-state index in [1.54, 1.807) is 6.08 Å². The maximum Gasteiger partial charge on any atom is 0.244 e. The van der Waals surface area contributed by atoms with Crippen LogP contribution in [0.15, 0.2) is 24.1 Å². The third-order valence-corrected chi connectivity index (χ3v) is 5.43. The van der Waals surface area contributed by atoms with Crippen LogP contribution in [0.5, 0.6) is 0 Å². The predicted octanol–water partition coefficient (Wildman–Crippen LogP) is 2.94. The summed E-state index contributed by atoms with van der Waals surface area (Å²) >= 11 is 1.54. The highest BCUT2D eigenvalue weighted by atomic mass is 32.1. The summed E-state index contributed by atoms with van der Waals surface area (Å²) in [6.07, 6.45) is 6.87. The van der Waals surface area contributed by atoms with Gasteiger partial charge in [-0.1, -0.05) is 25.3 Å². The van der Waals surface area contributed by atoms with Gasteiger partial charge in [0.15, 0.2) is 0 Å². The molecule has 3 rings (SSSR count). The van der Waals surface area contributed by atoms with Crippen LogP contribution in [0, 0.1) is 11.3 Å². The van der Waals surface area contributed by atoms with Crippen LogP contribution in [-0.2, 0) is 4.79 Å². The molecule has 2 fully saturated rings. The first kappa shape index (κ1) is 14.3. The number of hydrogen-bond acceptors (Lipinski definition) is 4. The van der Waals surface area contributed by atoms with Crippen molar-refractivity contribution in [3.8, 4) is 6.07 Å². The molecule has 4 nitrogen and oxygen atoms in total. The Bertz CT molecular complexity index is 595. The van der Waals surface area contributed by atoms with E-state index in [-0.39, 0.29) is 12.1 Å². The molecule has 1 saturated carbocycles.